The van der Waals surface area contributed by atoms with Gasteiger partial charge in [0.25, 0.3) is 0 Å². The average molecular weight is 298 g/mol. The van der Waals surface area contributed by atoms with E-state index in [1.165, 1.54) is 0 Å². The Bertz CT molecular complexity index is 489. The molecule has 0 fully saturated rings. The number of imide groups is 1. The molecule has 5 nitrogen and oxygen atoms in total. The fraction of sp³-hybridized carbons (Fsp3) is 0.429. The number of nitrogens with one attached hydrogen (secondary N) is 3. The van der Waals surface area contributed by atoms with Crippen LogP contribution in [0.2, 0.25) is 5.02 Å². The van der Waals surface area contributed by atoms with Crippen molar-refractivity contribution in [2.45, 2.75) is 20.8 Å². The molecule has 0 heterocycles. The van der Waals surface area contributed by atoms with Gasteiger partial charge in [0, 0.05) is 17.3 Å². The normalized spacial score (nSPS) is 10.2. The second kappa shape index (κ2) is 7.75. The lowest BCUT2D eigenvalue weighted by Gasteiger charge is -2.11. The van der Waals surface area contributed by atoms with Crippen molar-refractivity contribution in [1.29, 1.82) is 0 Å². The lowest BCUT2D eigenvalue weighted by atomic mass is 10.2. The Balaban J connectivity index is 2.38. The Morgan fingerprint density at radius 1 is 1.30 bits per heavy atom. The first-order chi connectivity index (χ1) is 9.38. The van der Waals surface area contributed by atoms with Crippen LogP contribution in [-0.4, -0.2) is 25.0 Å². The predicted molar refractivity (Wildman–Crippen MR) is 81.1 cm³/mol. The summed E-state index contributed by atoms with van der Waals surface area (Å²) in [6, 6.07) is 4.86. The third kappa shape index (κ3) is 5.93. The van der Waals surface area contributed by atoms with Crippen LogP contribution in [0.5, 0.6) is 0 Å². The van der Waals surface area contributed by atoms with Crippen molar-refractivity contribution in [2.24, 2.45) is 5.92 Å². The molecule has 1 aromatic rings. The molecule has 0 unspecified atom stereocenters. The smallest absolute Gasteiger partial charge is 0.321 e. The third-order valence-electron chi connectivity index (χ3n) is 2.55. The molecule has 1 rings (SSSR count). The Hall–Kier alpha value is -1.75. The average Bonchev–Trinajstić information content (AvgIpc) is 2.35. The van der Waals surface area contributed by atoms with Gasteiger partial charge in [0.15, 0.2) is 0 Å². The Morgan fingerprint density at radius 3 is 2.60 bits per heavy atom. The fourth-order valence-corrected chi connectivity index (χ4v) is 1.74. The second-order valence-corrected chi connectivity index (χ2v) is 5.40. The first-order valence-corrected chi connectivity index (χ1v) is 6.84. The topological polar surface area (TPSA) is 70.2 Å². The quantitative estimate of drug-likeness (QED) is 0.782. The van der Waals surface area contributed by atoms with E-state index < -0.39 is 6.03 Å². The largest absolute Gasteiger partial charge is 0.376 e. The van der Waals surface area contributed by atoms with E-state index in [9.17, 15) is 9.59 Å². The minimum Gasteiger partial charge on any atom is -0.376 e. The van der Waals surface area contributed by atoms with E-state index >= 15 is 0 Å². The molecule has 20 heavy (non-hydrogen) atoms. The monoisotopic (exact) mass is 297 g/mol. The number of benzene rings is 1. The minimum absolute atomic E-state index is 0.0254. The van der Waals surface area contributed by atoms with Gasteiger partial charge in [-0.15, -0.1) is 0 Å². The van der Waals surface area contributed by atoms with Gasteiger partial charge in [-0.25, -0.2) is 4.79 Å². The third-order valence-corrected chi connectivity index (χ3v) is 2.79. The number of hydrogen-bond acceptors (Lipinski definition) is 3. The fourth-order valence-electron chi connectivity index (χ4n) is 1.51. The lowest BCUT2D eigenvalue weighted by molar-refractivity contribution is -0.118. The number of hydrogen-bond donors (Lipinski definition) is 3. The van der Waals surface area contributed by atoms with Crippen molar-refractivity contribution >= 4 is 29.2 Å². The van der Waals surface area contributed by atoms with Crippen LogP contribution in [0, 0.1) is 12.8 Å². The second-order valence-electron chi connectivity index (χ2n) is 4.96. The van der Waals surface area contributed by atoms with E-state index in [1.807, 2.05) is 20.8 Å². The van der Waals surface area contributed by atoms with Crippen molar-refractivity contribution in [3.63, 3.8) is 0 Å². The zero-order chi connectivity index (χ0) is 15.1. The molecule has 1 aromatic carbocycles. The molecule has 0 aliphatic rings. The highest BCUT2D eigenvalue weighted by atomic mass is 35.5. The van der Waals surface area contributed by atoms with Crippen molar-refractivity contribution in [3.05, 3.63) is 28.8 Å². The molecule has 6 heteroatoms. The first-order valence-electron chi connectivity index (χ1n) is 6.46. The molecule has 0 atom stereocenters. The maximum atomic E-state index is 11.6. The van der Waals surface area contributed by atoms with Crippen molar-refractivity contribution < 1.29 is 9.59 Å². The number of carbonyl (C=O) groups excluding carboxylic acids is 2. The summed E-state index contributed by atoms with van der Waals surface area (Å²) in [6.45, 7) is 6.40. The molecule has 0 saturated heterocycles. The molecule has 0 aromatic heterocycles. The molecule has 3 amide bonds. The zero-order valence-electron chi connectivity index (χ0n) is 11.9. The summed E-state index contributed by atoms with van der Waals surface area (Å²) in [7, 11) is 0. The van der Waals surface area contributed by atoms with E-state index in [0.717, 1.165) is 11.3 Å². The van der Waals surface area contributed by atoms with Gasteiger partial charge in [-0.2, -0.15) is 0 Å². The molecule has 0 aliphatic carbocycles. The van der Waals surface area contributed by atoms with E-state index in [2.05, 4.69) is 16.0 Å². The van der Waals surface area contributed by atoms with E-state index in [-0.39, 0.29) is 12.5 Å². The Kier molecular flexibility index (Phi) is 6.31. The van der Waals surface area contributed by atoms with E-state index in [0.29, 0.717) is 17.5 Å². The van der Waals surface area contributed by atoms with Crippen LogP contribution in [0.25, 0.3) is 0 Å². The van der Waals surface area contributed by atoms with Crippen LogP contribution in [0.3, 0.4) is 0 Å². The van der Waals surface area contributed by atoms with Crippen LogP contribution in [0.15, 0.2) is 18.2 Å². The van der Waals surface area contributed by atoms with Crippen molar-refractivity contribution in [2.75, 3.05) is 18.4 Å². The molecule has 110 valence electrons. The summed E-state index contributed by atoms with van der Waals surface area (Å²) in [5.41, 5.74) is 1.75. The summed E-state index contributed by atoms with van der Waals surface area (Å²) >= 11 is 5.85. The summed E-state index contributed by atoms with van der Waals surface area (Å²) in [4.78, 5) is 23.0. The van der Waals surface area contributed by atoms with Crippen molar-refractivity contribution in [1.82, 2.24) is 10.6 Å². The molecule has 0 saturated carbocycles. The van der Waals surface area contributed by atoms with Gasteiger partial charge in [0.05, 0.1) is 6.54 Å². The van der Waals surface area contributed by atoms with Gasteiger partial charge >= 0.3 is 6.03 Å². The Morgan fingerprint density at radius 2 is 2.00 bits per heavy atom. The van der Waals surface area contributed by atoms with Gasteiger partial charge in [0.2, 0.25) is 5.91 Å². The van der Waals surface area contributed by atoms with Crippen LogP contribution in [-0.2, 0) is 4.79 Å². The number of aryl methyl sites for hydroxylation is 1. The maximum Gasteiger partial charge on any atom is 0.321 e. The molecule has 3 N–H and O–H groups in total. The molecule has 0 bridgehead atoms. The van der Waals surface area contributed by atoms with E-state index in [4.69, 9.17) is 11.6 Å². The van der Waals surface area contributed by atoms with E-state index in [1.54, 1.807) is 18.2 Å². The van der Waals surface area contributed by atoms with Gasteiger partial charge in [-0.3, -0.25) is 10.1 Å². The number of anilines is 1. The molecular formula is C14H20ClN3O2. The highest BCUT2D eigenvalue weighted by molar-refractivity contribution is 6.30. The molecule has 0 aliphatic heterocycles. The Labute approximate surface area is 124 Å². The summed E-state index contributed by atoms with van der Waals surface area (Å²) in [6.07, 6.45) is 0. The number of urea groups is 1. The van der Waals surface area contributed by atoms with Gasteiger partial charge in [-0.05, 0) is 36.6 Å². The van der Waals surface area contributed by atoms with Crippen molar-refractivity contribution in [3.8, 4) is 0 Å². The van der Waals surface area contributed by atoms with Crippen LogP contribution in [0.1, 0.15) is 19.4 Å². The number of carbonyl (C=O) groups is 2. The number of amides is 3. The molecule has 0 radical (unpaired) electrons. The molecular weight excluding hydrogens is 278 g/mol. The highest BCUT2D eigenvalue weighted by Crippen LogP contribution is 2.19. The lowest BCUT2D eigenvalue weighted by Crippen LogP contribution is -2.43. The van der Waals surface area contributed by atoms with Gasteiger partial charge in [-0.1, -0.05) is 25.4 Å². The summed E-state index contributed by atoms with van der Waals surface area (Å²) in [5, 5.41) is 8.48. The summed E-state index contributed by atoms with van der Waals surface area (Å²) < 4.78 is 0. The first kappa shape index (κ1) is 16.3. The number of halogens is 1. The minimum atomic E-state index is -0.474. The number of rotatable bonds is 5. The molecule has 0 spiro atoms. The zero-order valence-corrected chi connectivity index (χ0v) is 12.7. The van der Waals surface area contributed by atoms with Crippen LogP contribution < -0.4 is 16.0 Å². The maximum absolute atomic E-state index is 11.6. The SMILES string of the molecule is Cc1cc(Cl)ccc1NCC(=O)NC(=O)NCC(C)C. The summed E-state index contributed by atoms with van der Waals surface area (Å²) in [5.74, 6) is -0.0497. The van der Waals surface area contributed by atoms with Crippen LogP contribution >= 0.6 is 11.6 Å². The van der Waals surface area contributed by atoms with Crippen LogP contribution in [0.4, 0.5) is 10.5 Å². The van der Waals surface area contributed by atoms with Gasteiger partial charge < -0.3 is 10.6 Å². The predicted octanol–water partition coefficient (Wildman–Crippen LogP) is 2.54. The standard InChI is InChI=1S/C14H20ClN3O2/c1-9(2)7-17-14(20)18-13(19)8-16-12-5-4-11(15)6-10(12)3/h4-6,9,16H,7-8H2,1-3H3,(H2,17,18,19,20). The highest BCUT2D eigenvalue weighted by Gasteiger charge is 2.08. The van der Waals surface area contributed by atoms with Gasteiger partial charge in [0.1, 0.15) is 0 Å².